The summed E-state index contributed by atoms with van der Waals surface area (Å²) in [5.41, 5.74) is 6.10. The van der Waals surface area contributed by atoms with Crippen molar-refractivity contribution in [3.63, 3.8) is 0 Å². The normalized spacial score (nSPS) is 27.1. The third-order valence-electron chi connectivity index (χ3n) is 4.71. The van der Waals surface area contributed by atoms with Crippen molar-refractivity contribution >= 4 is 0 Å². The number of morpholine rings is 1. The Balaban J connectivity index is 1.71. The van der Waals surface area contributed by atoms with Gasteiger partial charge in [0.05, 0.1) is 25.4 Å². The first-order valence-corrected chi connectivity index (χ1v) is 8.08. The minimum atomic E-state index is -0.820. The van der Waals surface area contributed by atoms with Crippen LogP contribution in [0.15, 0.2) is 0 Å². The van der Waals surface area contributed by atoms with E-state index >= 15 is 0 Å². The molecule has 118 valence electrons. The lowest BCUT2D eigenvalue weighted by Crippen LogP contribution is -2.50. The van der Waals surface area contributed by atoms with Crippen LogP contribution in [0.4, 0.5) is 0 Å². The predicted molar refractivity (Wildman–Crippen MR) is 78.4 cm³/mol. The summed E-state index contributed by atoms with van der Waals surface area (Å²) in [6.45, 7) is 3.54. The van der Waals surface area contributed by atoms with Gasteiger partial charge in [-0.3, -0.25) is 4.90 Å². The SMILES string of the molecule is N[C@@H](CC1CCCCC1)[C@@H](O)[C@@H](O)CN1CCOCC1. The molecule has 2 fully saturated rings. The van der Waals surface area contributed by atoms with Gasteiger partial charge < -0.3 is 20.7 Å². The lowest BCUT2D eigenvalue weighted by molar-refractivity contribution is -0.0390. The molecule has 1 aliphatic carbocycles. The standard InChI is InChI=1S/C15H30N2O3/c16-13(10-12-4-2-1-3-5-12)15(19)14(18)11-17-6-8-20-9-7-17/h12-15,18-19H,1-11,16H2/t13-,14-,15+/m0/s1. The zero-order chi connectivity index (χ0) is 14.4. The lowest BCUT2D eigenvalue weighted by Gasteiger charge is -2.33. The van der Waals surface area contributed by atoms with Crippen LogP contribution in [-0.4, -0.2) is 66.2 Å². The van der Waals surface area contributed by atoms with Gasteiger partial charge in [0.2, 0.25) is 0 Å². The molecular weight excluding hydrogens is 256 g/mol. The van der Waals surface area contributed by atoms with E-state index in [1.165, 1.54) is 32.1 Å². The van der Waals surface area contributed by atoms with Crippen LogP contribution in [0, 0.1) is 5.92 Å². The Bertz CT molecular complexity index is 240. The van der Waals surface area contributed by atoms with Gasteiger partial charge in [0.1, 0.15) is 0 Å². The first-order chi connectivity index (χ1) is 9.66. The number of nitrogens with two attached hydrogens (primary N) is 1. The fraction of sp³-hybridized carbons (Fsp3) is 1.00. The molecule has 0 aromatic carbocycles. The number of β-amino-alcohol motifs (C(OH)–C–C–N with tert-alkyl or cyclic N) is 1. The summed E-state index contributed by atoms with van der Waals surface area (Å²) in [6, 6.07) is -0.311. The second kappa shape index (κ2) is 8.29. The maximum atomic E-state index is 10.2. The highest BCUT2D eigenvalue weighted by molar-refractivity contribution is 4.84. The fourth-order valence-corrected chi connectivity index (χ4v) is 3.39. The summed E-state index contributed by atoms with van der Waals surface area (Å²) in [4.78, 5) is 2.13. The average molecular weight is 286 g/mol. The van der Waals surface area contributed by atoms with Crippen LogP contribution in [0.25, 0.3) is 0 Å². The molecule has 0 amide bonds. The summed E-state index contributed by atoms with van der Waals surface area (Å²) in [7, 11) is 0. The summed E-state index contributed by atoms with van der Waals surface area (Å²) in [6.07, 6.45) is 5.59. The topological polar surface area (TPSA) is 79.0 Å². The first-order valence-electron chi connectivity index (χ1n) is 8.08. The molecule has 1 saturated carbocycles. The number of aliphatic hydroxyl groups excluding tert-OH is 2. The summed E-state index contributed by atoms with van der Waals surface area (Å²) in [5, 5.41) is 20.4. The number of hydrogen-bond acceptors (Lipinski definition) is 5. The highest BCUT2D eigenvalue weighted by atomic mass is 16.5. The molecule has 1 aliphatic heterocycles. The van der Waals surface area contributed by atoms with Crippen molar-refractivity contribution in [1.82, 2.24) is 4.90 Å². The minimum Gasteiger partial charge on any atom is -0.389 e. The van der Waals surface area contributed by atoms with Crippen LogP contribution in [0.2, 0.25) is 0 Å². The van der Waals surface area contributed by atoms with Gasteiger partial charge in [0, 0.05) is 25.7 Å². The Morgan fingerprint density at radius 3 is 2.40 bits per heavy atom. The molecule has 5 nitrogen and oxygen atoms in total. The van der Waals surface area contributed by atoms with E-state index in [1.807, 2.05) is 0 Å². The summed E-state index contributed by atoms with van der Waals surface area (Å²) >= 11 is 0. The van der Waals surface area contributed by atoms with Gasteiger partial charge in [0.15, 0.2) is 0 Å². The van der Waals surface area contributed by atoms with Crippen molar-refractivity contribution in [2.24, 2.45) is 11.7 Å². The molecule has 0 bridgehead atoms. The van der Waals surface area contributed by atoms with Gasteiger partial charge in [-0.1, -0.05) is 32.1 Å². The maximum Gasteiger partial charge on any atom is 0.0962 e. The molecule has 20 heavy (non-hydrogen) atoms. The molecule has 1 saturated heterocycles. The molecule has 3 atom stereocenters. The maximum absolute atomic E-state index is 10.2. The monoisotopic (exact) mass is 286 g/mol. The van der Waals surface area contributed by atoms with Crippen molar-refractivity contribution < 1.29 is 14.9 Å². The minimum absolute atomic E-state index is 0.311. The number of rotatable bonds is 6. The Morgan fingerprint density at radius 1 is 1.10 bits per heavy atom. The quantitative estimate of drug-likeness (QED) is 0.656. The van der Waals surface area contributed by atoms with E-state index in [0.29, 0.717) is 25.7 Å². The van der Waals surface area contributed by atoms with E-state index in [4.69, 9.17) is 10.5 Å². The van der Waals surface area contributed by atoms with E-state index in [2.05, 4.69) is 4.90 Å². The number of aliphatic hydroxyl groups is 2. The highest BCUT2D eigenvalue weighted by Crippen LogP contribution is 2.27. The van der Waals surface area contributed by atoms with E-state index in [9.17, 15) is 10.2 Å². The van der Waals surface area contributed by atoms with E-state index in [-0.39, 0.29) is 6.04 Å². The van der Waals surface area contributed by atoms with E-state index in [0.717, 1.165) is 19.5 Å². The summed E-state index contributed by atoms with van der Waals surface area (Å²) in [5.74, 6) is 0.629. The molecule has 0 radical (unpaired) electrons. The molecule has 5 heteroatoms. The zero-order valence-corrected chi connectivity index (χ0v) is 12.4. The van der Waals surface area contributed by atoms with Crippen molar-refractivity contribution in [2.45, 2.75) is 56.8 Å². The van der Waals surface area contributed by atoms with Crippen LogP contribution in [-0.2, 0) is 4.74 Å². The van der Waals surface area contributed by atoms with Crippen LogP contribution in [0.3, 0.4) is 0 Å². The van der Waals surface area contributed by atoms with Gasteiger partial charge in [-0.05, 0) is 12.3 Å². The van der Waals surface area contributed by atoms with E-state index in [1.54, 1.807) is 0 Å². The van der Waals surface area contributed by atoms with Crippen molar-refractivity contribution in [1.29, 1.82) is 0 Å². The van der Waals surface area contributed by atoms with Gasteiger partial charge in [-0.2, -0.15) is 0 Å². The molecule has 0 aromatic rings. The molecule has 4 N–H and O–H groups in total. The van der Waals surface area contributed by atoms with Gasteiger partial charge in [0.25, 0.3) is 0 Å². The number of ether oxygens (including phenoxy) is 1. The smallest absolute Gasteiger partial charge is 0.0962 e. The Morgan fingerprint density at radius 2 is 1.75 bits per heavy atom. The van der Waals surface area contributed by atoms with Crippen LogP contribution in [0.1, 0.15) is 38.5 Å². The Kier molecular flexibility index (Phi) is 6.71. The van der Waals surface area contributed by atoms with Crippen LogP contribution in [0.5, 0.6) is 0 Å². The third kappa shape index (κ3) is 4.97. The van der Waals surface area contributed by atoms with Crippen LogP contribution < -0.4 is 5.73 Å². The number of nitrogens with zero attached hydrogens (tertiary/aromatic N) is 1. The zero-order valence-electron chi connectivity index (χ0n) is 12.4. The molecule has 0 aromatic heterocycles. The van der Waals surface area contributed by atoms with Crippen molar-refractivity contribution in [3.05, 3.63) is 0 Å². The molecule has 0 unspecified atom stereocenters. The largest absolute Gasteiger partial charge is 0.389 e. The molecule has 1 heterocycles. The van der Waals surface area contributed by atoms with Gasteiger partial charge in [-0.25, -0.2) is 0 Å². The predicted octanol–water partition coefficient (Wildman–Crippen LogP) is 0.338. The fourth-order valence-electron chi connectivity index (χ4n) is 3.39. The molecule has 2 aliphatic rings. The molecule has 2 rings (SSSR count). The van der Waals surface area contributed by atoms with Crippen molar-refractivity contribution in [2.75, 3.05) is 32.8 Å². The molecular formula is C15H30N2O3. The Labute approximate surface area is 122 Å². The second-order valence-corrected chi connectivity index (χ2v) is 6.37. The second-order valence-electron chi connectivity index (χ2n) is 6.37. The average Bonchev–Trinajstić information content (AvgIpc) is 2.48. The first kappa shape index (κ1) is 16.2. The van der Waals surface area contributed by atoms with Gasteiger partial charge in [-0.15, -0.1) is 0 Å². The van der Waals surface area contributed by atoms with Gasteiger partial charge >= 0.3 is 0 Å². The van der Waals surface area contributed by atoms with Crippen molar-refractivity contribution in [3.8, 4) is 0 Å². The number of hydrogen-bond donors (Lipinski definition) is 3. The lowest BCUT2D eigenvalue weighted by atomic mass is 9.83. The Hall–Kier alpha value is -0.200. The van der Waals surface area contributed by atoms with Crippen LogP contribution >= 0.6 is 0 Å². The third-order valence-corrected chi connectivity index (χ3v) is 4.71. The molecule has 0 spiro atoms. The summed E-state index contributed by atoms with van der Waals surface area (Å²) < 4.78 is 5.28. The highest BCUT2D eigenvalue weighted by Gasteiger charge is 2.28. The van der Waals surface area contributed by atoms with E-state index < -0.39 is 12.2 Å².